The molecule has 2 amide bonds. The van der Waals surface area contributed by atoms with Crippen LogP contribution >= 0.6 is 0 Å². The van der Waals surface area contributed by atoms with E-state index < -0.39 is 6.03 Å². The number of hydroxylamine groups is 2. The van der Waals surface area contributed by atoms with Gasteiger partial charge in [0.2, 0.25) is 0 Å². The summed E-state index contributed by atoms with van der Waals surface area (Å²) >= 11 is 0. The van der Waals surface area contributed by atoms with E-state index in [1.54, 1.807) is 13.8 Å². The SMILES string of the molecule is CC(CN)c1nc2ccccc2c2c1ncn2CCCCNC(=O)N(O)C(C)C. The Morgan fingerprint density at radius 3 is 2.76 bits per heavy atom. The number of unbranched alkanes of at least 4 members (excludes halogenated alkanes) is 1. The summed E-state index contributed by atoms with van der Waals surface area (Å²) in [6.45, 7) is 7.38. The van der Waals surface area contributed by atoms with Gasteiger partial charge in [-0.2, -0.15) is 0 Å². The van der Waals surface area contributed by atoms with Crippen molar-refractivity contribution < 1.29 is 10.0 Å². The molecule has 4 N–H and O–H groups in total. The van der Waals surface area contributed by atoms with Crippen LogP contribution in [0.15, 0.2) is 30.6 Å². The van der Waals surface area contributed by atoms with Crippen LogP contribution in [0.1, 0.15) is 45.2 Å². The average molecular weight is 399 g/mol. The minimum atomic E-state index is -0.467. The van der Waals surface area contributed by atoms with Gasteiger partial charge in [-0.05, 0) is 32.8 Å². The fourth-order valence-corrected chi connectivity index (χ4v) is 3.35. The van der Waals surface area contributed by atoms with Crippen molar-refractivity contribution in [3.8, 4) is 0 Å². The number of hydrogen-bond acceptors (Lipinski definition) is 5. The minimum Gasteiger partial charge on any atom is -0.336 e. The Hall–Kier alpha value is -2.71. The molecule has 3 rings (SSSR count). The van der Waals surface area contributed by atoms with Crippen molar-refractivity contribution >= 4 is 28.0 Å². The smallest absolute Gasteiger partial charge is 0.336 e. The molecule has 0 radical (unpaired) electrons. The molecule has 1 aromatic carbocycles. The third kappa shape index (κ3) is 4.49. The van der Waals surface area contributed by atoms with Gasteiger partial charge in [-0.15, -0.1) is 0 Å². The van der Waals surface area contributed by atoms with Crippen LogP contribution in [0, 0.1) is 0 Å². The van der Waals surface area contributed by atoms with E-state index in [1.807, 2.05) is 24.5 Å². The fourth-order valence-electron chi connectivity index (χ4n) is 3.35. The van der Waals surface area contributed by atoms with Crippen LogP contribution in [-0.2, 0) is 6.54 Å². The molecule has 156 valence electrons. The number of amides is 2. The number of aromatic nitrogens is 3. The quantitative estimate of drug-likeness (QED) is 0.307. The molecule has 0 aliphatic heterocycles. The number of carbonyl (C=O) groups excluding carboxylic acids is 1. The van der Waals surface area contributed by atoms with E-state index in [-0.39, 0.29) is 12.0 Å². The van der Waals surface area contributed by atoms with Crippen LogP contribution in [0.2, 0.25) is 0 Å². The molecule has 0 aliphatic rings. The maximum Gasteiger partial charge on any atom is 0.341 e. The summed E-state index contributed by atoms with van der Waals surface area (Å²) in [5.74, 6) is 0.128. The van der Waals surface area contributed by atoms with E-state index in [2.05, 4.69) is 27.9 Å². The number of pyridine rings is 1. The van der Waals surface area contributed by atoms with Crippen molar-refractivity contribution in [3.05, 3.63) is 36.3 Å². The van der Waals surface area contributed by atoms with Gasteiger partial charge in [0.1, 0.15) is 5.52 Å². The molecule has 8 nitrogen and oxygen atoms in total. The Morgan fingerprint density at radius 2 is 2.03 bits per heavy atom. The van der Waals surface area contributed by atoms with Crippen molar-refractivity contribution in [3.63, 3.8) is 0 Å². The summed E-state index contributed by atoms with van der Waals surface area (Å²) in [5, 5.41) is 14.1. The molecule has 1 atom stereocenters. The van der Waals surface area contributed by atoms with E-state index in [1.165, 1.54) is 0 Å². The number of aryl methyl sites for hydroxylation is 1. The first-order valence-electron chi connectivity index (χ1n) is 10.1. The number of benzene rings is 1. The first-order valence-corrected chi connectivity index (χ1v) is 10.1. The van der Waals surface area contributed by atoms with Gasteiger partial charge in [0.05, 0.1) is 29.1 Å². The first kappa shape index (κ1) is 21.0. The molecule has 0 saturated heterocycles. The van der Waals surface area contributed by atoms with Crippen LogP contribution in [0.4, 0.5) is 4.79 Å². The highest BCUT2D eigenvalue weighted by molar-refractivity contribution is 6.03. The van der Waals surface area contributed by atoms with Crippen molar-refractivity contribution in [2.24, 2.45) is 5.73 Å². The number of nitrogens with zero attached hydrogens (tertiary/aromatic N) is 4. The molecule has 8 heteroatoms. The summed E-state index contributed by atoms with van der Waals surface area (Å²) in [7, 11) is 0. The van der Waals surface area contributed by atoms with E-state index in [9.17, 15) is 10.0 Å². The van der Waals surface area contributed by atoms with Gasteiger partial charge in [0, 0.05) is 30.9 Å². The summed E-state index contributed by atoms with van der Waals surface area (Å²) in [6, 6.07) is 7.37. The highest BCUT2D eigenvalue weighted by Crippen LogP contribution is 2.29. The van der Waals surface area contributed by atoms with Crippen molar-refractivity contribution in [1.29, 1.82) is 0 Å². The lowest BCUT2D eigenvalue weighted by Gasteiger charge is -2.19. The topological polar surface area (TPSA) is 109 Å². The number of carbonyl (C=O) groups is 1. The number of hydrogen-bond donors (Lipinski definition) is 3. The molecular formula is C21H30N6O2. The molecule has 2 aromatic heterocycles. The van der Waals surface area contributed by atoms with Crippen LogP contribution in [0.25, 0.3) is 21.9 Å². The van der Waals surface area contributed by atoms with E-state index in [0.29, 0.717) is 18.2 Å². The molecule has 0 spiro atoms. The lowest BCUT2D eigenvalue weighted by atomic mass is 10.0. The summed E-state index contributed by atoms with van der Waals surface area (Å²) in [5.41, 5.74) is 9.76. The van der Waals surface area contributed by atoms with Gasteiger partial charge in [0.15, 0.2) is 0 Å². The molecule has 29 heavy (non-hydrogen) atoms. The number of nitrogens with two attached hydrogens (primary N) is 1. The molecule has 0 fully saturated rings. The maximum atomic E-state index is 11.8. The number of nitrogens with one attached hydrogen (secondary N) is 1. The van der Waals surface area contributed by atoms with Gasteiger partial charge >= 0.3 is 6.03 Å². The van der Waals surface area contributed by atoms with Gasteiger partial charge in [-0.25, -0.2) is 14.8 Å². The monoisotopic (exact) mass is 398 g/mol. The standard InChI is InChI=1S/C21H30N6O2/c1-14(2)27(29)21(28)23-10-6-7-11-26-13-24-19-18(15(3)12-22)25-17-9-5-4-8-16(17)20(19)26/h4-5,8-9,13-15,29H,6-7,10-12,22H2,1-3H3,(H,23,28). The second-order valence-corrected chi connectivity index (χ2v) is 7.66. The van der Waals surface area contributed by atoms with E-state index in [0.717, 1.165) is 47.0 Å². The molecule has 0 aliphatic carbocycles. The van der Waals surface area contributed by atoms with Crippen molar-refractivity contribution in [2.75, 3.05) is 13.1 Å². The maximum absolute atomic E-state index is 11.8. The predicted molar refractivity (Wildman–Crippen MR) is 114 cm³/mol. The Balaban J connectivity index is 1.74. The van der Waals surface area contributed by atoms with Crippen LogP contribution in [0.3, 0.4) is 0 Å². The Kier molecular flexibility index (Phi) is 6.66. The molecule has 0 bridgehead atoms. The lowest BCUT2D eigenvalue weighted by molar-refractivity contribution is -0.0677. The van der Waals surface area contributed by atoms with Gasteiger partial charge in [-0.1, -0.05) is 25.1 Å². The van der Waals surface area contributed by atoms with E-state index in [4.69, 9.17) is 10.7 Å². The second kappa shape index (κ2) is 9.19. The van der Waals surface area contributed by atoms with Crippen LogP contribution in [-0.4, -0.2) is 50.0 Å². The van der Waals surface area contributed by atoms with Crippen molar-refractivity contribution in [1.82, 2.24) is 24.9 Å². The zero-order valence-electron chi connectivity index (χ0n) is 17.3. The van der Waals surface area contributed by atoms with Crippen LogP contribution < -0.4 is 11.1 Å². The summed E-state index contributed by atoms with van der Waals surface area (Å²) in [6.07, 6.45) is 3.53. The molecule has 1 unspecified atom stereocenters. The zero-order valence-corrected chi connectivity index (χ0v) is 17.3. The second-order valence-electron chi connectivity index (χ2n) is 7.66. The lowest BCUT2D eigenvalue weighted by Crippen LogP contribution is -2.41. The highest BCUT2D eigenvalue weighted by Gasteiger charge is 2.17. The van der Waals surface area contributed by atoms with Gasteiger partial charge in [0.25, 0.3) is 0 Å². The number of imidazole rings is 1. The number of urea groups is 1. The third-order valence-corrected chi connectivity index (χ3v) is 5.10. The fraction of sp³-hybridized carbons (Fsp3) is 0.476. The summed E-state index contributed by atoms with van der Waals surface area (Å²) < 4.78 is 2.15. The Bertz CT molecular complexity index is 984. The largest absolute Gasteiger partial charge is 0.341 e. The normalized spacial score (nSPS) is 12.6. The highest BCUT2D eigenvalue weighted by atomic mass is 16.5. The predicted octanol–water partition coefficient (Wildman–Crippen LogP) is 3.24. The van der Waals surface area contributed by atoms with E-state index >= 15 is 0 Å². The number of para-hydroxylation sites is 1. The summed E-state index contributed by atoms with van der Waals surface area (Å²) in [4.78, 5) is 21.2. The zero-order chi connectivity index (χ0) is 21.0. The third-order valence-electron chi connectivity index (χ3n) is 5.10. The molecular weight excluding hydrogens is 368 g/mol. The average Bonchev–Trinajstić information content (AvgIpc) is 3.15. The molecule has 0 saturated carbocycles. The van der Waals surface area contributed by atoms with Crippen LogP contribution in [0.5, 0.6) is 0 Å². The number of rotatable bonds is 8. The number of fused-ring (bicyclic) bond motifs is 3. The Labute approximate surface area is 170 Å². The van der Waals surface area contributed by atoms with Crippen molar-refractivity contribution in [2.45, 2.75) is 52.1 Å². The minimum absolute atomic E-state index is 0.128. The first-order chi connectivity index (χ1) is 13.9. The van der Waals surface area contributed by atoms with Gasteiger partial charge < -0.3 is 15.6 Å². The molecule has 2 heterocycles. The van der Waals surface area contributed by atoms with Gasteiger partial charge in [-0.3, -0.25) is 10.2 Å². The molecule has 3 aromatic rings. The Morgan fingerprint density at radius 1 is 1.28 bits per heavy atom.